The average Bonchev–Trinajstić information content (AvgIpc) is 2.82. The summed E-state index contributed by atoms with van der Waals surface area (Å²) in [4.78, 5) is 46.6. The van der Waals surface area contributed by atoms with Crippen molar-refractivity contribution in [2.75, 3.05) is 13.2 Å². The van der Waals surface area contributed by atoms with E-state index < -0.39 is 48.3 Å². The van der Waals surface area contributed by atoms with E-state index in [9.17, 15) is 23.6 Å². The molecule has 2 aromatic rings. The van der Waals surface area contributed by atoms with E-state index in [4.69, 9.17) is 23.7 Å². The topological polar surface area (TPSA) is 126 Å². The molecular formula is C27H30FNO9. The molecule has 0 bridgehead atoms. The Bertz CT molecular complexity index is 1180. The summed E-state index contributed by atoms with van der Waals surface area (Å²) in [6, 6.07) is 11.1. The molecule has 1 fully saturated rings. The van der Waals surface area contributed by atoms with Gasteiger partial charge in [-0.2, -0.15) is 0 Å². The van der Waals surface area contributed by atoms with Crippen molar-refractivity contribution in [2.45, 2.75) is 58.7 Å². The van der Waals surface area contributed by atoms with Crippen LogP contribution in [0.3, 0.4) is 0 Å². The van der Waals surface area contributed by atoms with Gasteiger partial charge < -0.3 is 29.0 Å². The molecule has 1 aliphatic rings. The molecular weight excluding hydrogens is 501 g/mol. The summed E-state index contributed by atoms with van der Waals surface area (Å²) in [6.07, 6.45) is -4.22. The number of halogens is 1. The number of hydrogen-bond donors (Lipinski definition) is 1. The fourth-order valence-corrected chi connectivity index (χ4v) is 4.09. The summed E-state index contributed by atoms with van der Waals surface area (Å²) in [5.74, 6) is -2.30. The molecule has 1 saturated heterocycles. The van der Waals surface area contributed by atoms with Gasteiger partial charge in [0.1, 0.15) is 11.6 Å². The van der Waals surface area contributed by atoms with Gasteiger partial charge in [0.15, 0.2) is 12.2 Å². The summed E-state index contributed by atoms with van der Waals surface area (Å²) < 4.78 is 41.7. The van der Waals surface area contributed by atoms with Crippen LogP contribution in [0.1, 0.15) is 33.3 Å². The number of rotatable bonds is 9. The van der Waals surface area contributed by atoms with Crippen molar-refractivity contribution in [3.8, 4) is 16.9 Å². The maximum absolute atomic E-state index is 14.0. The van der Waals surface area contributed by atoms with E-state index in [2.05, 4.69) is 5.32 Å². The zero-order chi connectivity index (χ0) is 27.8. The minimum atomic E-state index is -1.26. The highest BCUT2D eigenvalue weighted by Crippen LogP contribution is 2.32. The SMILES string of the molecule is CC(=O)NCCc1ccc(OC2OC[C@@H](OC(C)=O)[C@H](OC(C)=O)[C@@H]2OC(C)=O)cc1-c1cccc(F)c1. The second kappa shape index (κ2) is 13.0. The van der Waals surface area contributed by atoms with Crippen molar-refractivity contribution < 1.29 is 47.3 Å². The smallest absolute Gasteiger partial charge is 0.303 e. The molecule has 1 heterocycles. The van der Waals surface area contributed by atoms with Crippen LogP contribution in [0.25, 0.3) is 11.1 Å². The molecule has 0 spiro atoms. The molecule has 4 atom stereocenters. The quantitative estimate of drug-likeness (QED) is 0.384. The molecule has 1 aliphatic heterocycles. The lowest BCUT2D eigenvalue weighted by Gasteiger charge is -2.40. The van der Waals surface area contributed by atoms with Gasteiger partial charge in [0.2, 0.25) is 18.3 Å². The van der Waals surface area contributed by atoms with Crippen molar-refractivity contribution in [1.29, 1.82) is 0 Å². The summed E-state index contributed by atoms with van der Waals surface area (Å²) >= 11 is 0. The molecule has 0 saturated carbocycles. The van der Waals surface area contributed by atoms with Gasteiger partial charge in [0.05, 0.1) is 6.61 Å². The van der Waals surface area contributed by atoms with Gasteiger partial charge in [0.25, 0.3) is 0 Å². The van der Waals surface area contributed by atoms with Crippen molar-refractivity contribution in [3.05, 3.63) is 53.8 Å². The Morgan fingerprint density at radius 2 is 1.61 bits per heavy atom. The van der Waals surface area contributed by atoms with Crippen LogP contribution in [-0.2, 0) is 44.5 Å². The van der Waals surface area contributed by atoms with Gasteiger partial charge in [-0.3, -0.25) is 19.2 Å². The Kier molecular flexibility index (Phi) is 9.78. The molecule has 1 amide bonds. The van der Waals surface area contributed by atoms with E-state index in [-0.39, 0.29) is 12.5 Å². The van der Waals surface area contributed by atoms with E-state index in [1.807, 2.05) is 0 Å². The van der Waals surface area contributed by atoms with Crippen LogP contribution in [-0.4, -0.2) is 61.6 Å². The number of carbonyl (C=O) groups excluding carboxylic acids is 4. The Hall–Kier alpha value is -3.99. The molecule has 11 heteroatoms. The monoisotopic (exact) mass is 531 g/mol. The fourth-order valence-electron chi connectivity index (χ4n) is 4.09. The Labute approximate surface area is 219 Å². The second-order valence-electron chi connectivity index (χ2n) is 8.68. The number of nitrogens with one attached hydrogen (secondary N) is 1. The van der Waals surface area contributed by atoms with E-state index in [0.29, 0.717) is 29.8 Å². The van der Waals surface area contributed by atoms with E-state index in [1.54, 1.807) is 30.3 Å². The number of esters is 3. The second-order valence-corrected chi connectivity index (χ2v) is 8.68. The van der Waals surface area contributed by atoms with Crippen LogP contribution in [0.4, 0.5) is 4.39 Å². The zero-order valence-electron chi connectivity index (χ0n) is 21.5. The zero-order valence-corrected chi connectivity index (χ0v) is 21.5. The normalized spacial score (nSPS) is 20.7. The maximum atomic E-state index is 14.0. The molecule has 38 heavy (non-hydrogen) atoms. The van der Waals surface area contributed by atoms with Gasteiger partial charge in [-0.15, -0.1) is 0 Å². The maximum Gasteiger partial charge on any atom is 0.303 e. The number of amides is 1. The third-order valence-corrected chi connectivity index (χ3v) is 5.54. The minimum absolute atomic E-state index is 0.169. The lowest BCUT2D eigenvalue weighted by Crippen LogP contribution is -2.59. The number of carbonyl (C=O) groups is 4. The highest BCUT2D eigenvalue weighted by Gasteiger charge is 2.48. The highest BCUT2D eigenvalue weighted by molar-refractivity contribution is 5.73. The summed E-state index contributed by atoms with van der Waals surface area (Å²) in [6.45, 7) is 5.14. The molecule has 3 rings (SSSR count). The first-order valence-electron chi connectivity index (χ1n) is 12.0. The predicted octanol–water partition coefficient (Wildman–Crippen LogP) is 2.70. The van der Waals surface area contributed by atoms with Crippen LogP contribution < -0.4 is 10.1 Å². The van der Waals surface area contributed by atoms with Gasteiger partial charge in [0, 0.05) is 34.2 Å². The first kappa shape index (κ1) is 28.6. The number of benzene rings is 2. The van der Waals surface area contributed by atoms with Crippen LogP contribution in [0.15, 0.2) is 42.5 Å². The molecule has 1 unspecified atom stereocenters. The summed E-state index contributed by atoms with van der Waals surface area (Å²) in [7, 11) is 0. The van der Waals surface area contributed by atoms with Crippen LogP contribution in [0.2, 0.25) is 0 Å². The Morgan fingerprint density at radius 3 is 2.24 bits per heavy atom. The van der Waals surface area contributed by atoms with Crippen LogP contribution >= 0.6 is 0 Å². The van der Waals surface area contributed by atoms with Crippen molar-refractivity contribution in [3.63, 3.8) is 0 Å². The molecule has 0 radical (unpaired) electrons. The van der Waals surface area contributed by atoms with Crippen LogP contribution in [0.5, 0.6) is 5.75 Å². The third-order valence-electron chi connectivity index (χ3n) is 5.54. The fraction of sp³-hybridized carbons (Fsp3) is 0.407. The van der Waals surface area contributed by atoms with Crippen molar-refractivity contribution in [1.82, 2.24) is 5.32 Å². The lowest BCUT2D eigenvalue weighted by atomic mass is 9.97. The molecule has 0 aliphatic carbocycles. The van der Waals surface area contributed by atoms with Crippen molar-refractivity contribution in [2.24, 2.45) is 0 Å². The molecule has 1 N–H and O–H groups in total. The predicted molar refractivity (Wildman–Crippen MR) is 131 cm³/mol. The average molecular weight is 532 g/mol. The largest absolute Gasteiger partial charge is 0.461 e. The van der Waals surface area contributed by atoms with Crippen molar-refractivity contribution >= 4 is 23.8 Å². The standard InChI is InChI=1S/C27H30FNO9/c1-15(30)29-11-10-19-8-9-22(13-23(19)20-6-5-7-21(28)12-20)38-27-26(37-18(4)33)25(36-17(3)32)24(14-34-27)35-16(2)31/h5-9,12-13,24-27H,10-11,14H2,1-4H3,(H,29,30)/t24-,25+,26+,27?/m1/s1. The molecule has 2 aromatic carbocycles. The Morgan fingerprint density at radius 1 is 0.921 bits per heavy atom. The lowest BCUT2D eigenvalue weighted by molar-refractivity contribution is -0.259. The van der Waals surface area contributed by atoms with Gasteiger partial charge in [-0.1, -0.05) is 18.2 Å². The van der Waals surface area contributed by atoms with E-state index >= 15 is 0 Å². The Balaban J connectivity index is 1.93. The van der Waals surface area contributed by atoms with Gasteiger partial charge in [-0.25, -0.2) is 4.39 Å². The summed E-state index contributed by atoms with van der Waals surface area (Å²) in [5, 5.41) is 2.74. The first-order valence-corrected chi connectivity index (χ1v) is 12.0. The number of ether oxygens (including phenoxy) is 5. The summed E-state index contributed by atoms with van der Waals surface area (Å²) in [5.41, 5.74) is 2.06. The first-order chi connectivity index (χ1) is 18.0. The van der Waals surface area contributed by atoms with Crippen LogP contribution in [0, 0.1) is 5.82 Å². The molecule has 10 nitrogen and oxygen atoms in total. The number of hydrogen-bond acceptors (Lipinski definition) is 9. The third kappa shape index (κ3) is 8.01. The van der Waals surface area contributed by atoms with Gasteiger partial charge in [-0.05, 0) is 47.4 Å². The minimum Gasteiger partial charge on any atom is -0.461 e. The molecule has 0 aromatic heterocycles. The van der Waals surface area contributed by atoms with Gasteiger partial charge >= 0.3 is 17.9 Å². The van der Waals surface area contributed by atoms with E-state index in [0.717, 1.165) is 5.56 Å². The molecule has 204 valence electrons. The highest BCUT2D eigenvalue weighted by atomic mass is 19.1. The van der Waals surface area contributed by atoms with E-state index in [1.165, 1.54) is 39.8 Å².